The zero-order valence-electron chi connectivity index (χ0n) is 17.8. The highest BCUT2D eigenvalue weighted by molar-refractivity contribution is 7.09. The zero-order valence-corrected chi connectivity index (χ0v) is 18.6. The van der Waals surface area contributed by atoms with Crippen molar-refractivity contribution in [3.8, 4) is 22.7 Å². The van der Waals surface area contributed by atoms with Crippen LogP contribution in [0.15, 0.2) is 66.2 Å². The Balaban J connectivity index is 1.74. The first-order valence-corrected chi connectivity index (χ1v) is 11.0. The lowest BCUT2D eigenvalue weighted by Gasteiger charge is -2.16. The lowest BCUT2D eigenvalue weighted by Crippen LogP contribution is -2.26. The summed E-state index contributed by atoms with van der Waals surface area (Å²) in [5.41, 5.74) is 3.66. The van der Waals surface area contributed by atoms with Gasteiger partial charge in [-0.05, 0) is 30.7 Å². The molecule has 0 saturated carbocycles. The number of nitrogens with zero attached hydrogens (tertiary/aromatic N) is 4. The third-order valence-corrected chi connectivity index (χ3v) is 6.02. The van der Waals surface area contributed by atoms with Gasteiger partial charge in [-0.2, -0.15) is 5.10 Å². The van der Waals surface area contributed by atoms with Gasteiger partial charge < -0.3 is 9.64 Å². The maximum absolute atomic E-state index is 13.5. The summed E-state index contributed by atoms with van der Waals surface area (Å²) < 4.78 is 7.27. The maximum atomic E-state index is 13.5. The van der Waals surface area contributed by atoms with Crippen LogP contribution >= 0.6 is 11.3 Å². The van der Waals surface area contributed by atoms with E-state index in [-0.39, 0.29) is 5.91 Å². The van der Waals surface area contributed by atoms with Gasteiger partial charge >= 0.3 is 0 Å². The first-order valence-electron chi connectivity index (χ1n) is 10.1. The molecule has 4 aromatic rings. The molecule has 0 N–H and O–H groups in total. The molecule has 7 heteroatoms. The molecule has 0 unspecified atom stereocenters. The number of amides is 1. The number of thiazole rings is 1. The number of aromatic nitrogens is 3. The minimum atomic E-state index is -0.117. The summed E-state index contributed by atoms with van der Waals surface area (Å²) in [5, 5.41) is 7.85. The number of aryl methyl sites for hydroxylation is 1. The van der Waals surface area contributed by atoms with E-state index < -0.39 is 0 Å². The van der Waals surface area contributed by atoms with Crippen LogP contribution in [-0.4, -0.2) is 39.7 Å². The van der Waals surface area contributed by atoms with Crippen molar-refractivity contribution in [2.24, 2.45) is 0 Å². The van der Waals surface area contributed by atoms with Gasteiger partial charge in [0.1, 0.15) is 11.4 Å². The van der Waals surface area contributed by atoms with Crippen LogP contribution < -0.4 is 4.74 Å². The Bertz CT molecular complexity index is 1180. The Hall–Kier alpha value is -3.45. The van der Waals surface area contributed by atoms with Gasteiger partial charge in [0, 0.05) is 24.2 Å². The van der Waals surface area contributed by atoms with E-state index in [1.165, 1.54) is 0 Å². The maximum Gasteiger partial charge on any atom is 0.257 e. The normalized spacial score (nSPS) is 10.8. The van der Waals surface area contributed by atoms with Crippen LogP contribution in [0.4, 0.5) is 0 Å². The third kappa shape index (κ3) is 4.36. The van der Waals surface area contributed by atoms with Gasteiger partial charge in [-0.1, -0.05) is 37.3 Å². The summed E-state index contributed by atoms with van der Waals surface area (Å²) in [5.74, 6) is 0.554. The van der Waals surface area contributed by atoms with Crippen molar-refractivity contribution in [2.45, 2.75) is 19.9 Å². The van der Waals surface area contributed by atoms with Gasteiger partial charge in [0.25, 0.3) is 5.91 Å². The van der Waals surface area contributed by atoms with Crippen LogP contribution in [-0.2, 0) is 13.0 Å². The largest absolute Gasteiger partial charge is 0.496 e. The standard InChI is InChI=1S/C24H24N4O2S/c1-4-22-25-17(16-31-22)14-27(2)24(29)20-15-28(18-10-6-5-7-11-18)26-23(20)19-12-8-9-13-21(19)30-3/h5-13,15-16H,4,14H2,1-3H3. The van der Waals surface area contributed by atoms with Gasteiger partial charge in [0.15, 0.2) is 0 Å². The second-order valence-corrected chi connectivity index (χ2v) is 8.06. The molecule has 158 valence electrons. The molecule has 0 aliphatic heterocycles. The van der Waals surface area contributed by atoms with Crippen molar-refractivity contribution in [1.29, 1.82) is 0 Å². The molecule has 1 amide bonds. The smallest absolute Gasteiger partial charge is 0.257 e. The predicted molar refractivity (Wildman–Crippen MR) is 123 cm³/mol. The number of rotatable bonds is 7. The highest BCUT2D eigenvalue weighted by Crippen LogP contribution is 2.32. The number of para-hydroxylation sites is 2. The Morgan fingerprint density at radius 3 is 2.58 bits per heavy atom. The Morgan fingerprint density at radius 1 is 1.13 bits per heavy atom. The molecule has 2 heterocycles. The molecule has 0 radical (unpaired) electrons. The van der Waals surface area contributed by atoms with Gasteiger partial charge in [-0.3, -0.25) is 4.79 Å². The quantitative estimate of drug-likeness (QED) is 0.419. The Morgan fingerprint density at radius 2 is 1.87 bits per heavy atom. The number of methoxy groups -OCH3 is 1. The number of carbonyl (C=O) groups is 1. The molecule has 6 nitrogen and oxygen atoms in total. The summed E-state index contributed by atoms with van der Waals surface area (Å²) in [6, 6.07) is 17.4. The van der Waals surface area contributed by atoms with Crippen molar-refractivity contribution >= 4 is 17.2 Å². The lowest BCUT2D eigenvalue weighted by molar-refractivity contribution is 0.0784. The summed E-state index contributed by atoms with van der Waals surface area (Å²) in [7, 11) is 3.41. The van der Waals surface area contributed by atoms with Gasteiger partial charge in [0.2, 0.25) is 0 Å². The molecule has 0 bridgehead atoms. The second kappa shape index (κ2) is 9.14. The first-order chi connectivity index (χ1) is 15.1. The second-order valence-electron chi connectivity index (χ2n) is 7.12. The van der Waals surface area contributed by atoms with E-state index in [9.17, 15) is 4.79 Å². The number of hydrogen-bond donors (Lipinski definition) is 0. The average Bonchev–Trinajstić information content (AvgIpc) is 3.46. The molecule has 0 fully saturated rings. The number of carbonyl (C=O) groups excluding carboxylic acids is 1. The molecule has 31 heavy (non-hydrogen) atoms. The molecule has 0 aliphatic carbocycles. The molecule has 2 aromatic carbocycles. The van der Waals surface area contributed by atoms with E-state index in [1.54, 1.807) is 41.3 Å². The minimum Gasteiger partial charge on any atom is -0.496 e. The Kier molecular flexibility index (Phi) is 6.13. The third-order valence-electron chi connectivity index (χ3n) is 4.98. The molecule has 4 rings (SSSR count). The number of ether oxygens (including phenoxy) is 1. The van der Waals surface area contributed by atoms with E-state index in [4.69, 9.17) is 9.84 Å². The summed E-state index contributed by atoms with van der Waals surface area (Å²) in [6.45, 7) is 2.52. The molecular formula is C24H24N4O2S. The Labute approximate surface area is 185 Å². The summed E-state index contributed by atoms with van der Waals surface area (Å²) in [4.78, 5) is 19.7. The predicted octanol–water partition coefficient (Wildman–Crippen LogP) is 4.84. The molecule has 2 aromatic heterocycles. The highest BCUT2D eigenvalue weighted by Gasteiger charge is 2.24. The highest BCUT2D eigenvalue weighted by atomic mass is 32.1. The average molecular weight is 433 g/mol. The molecular weight excluding hydrogens is 408 g/mol. The fourth-order valence-corrected chi connectivity index (χ4v) is 4.12. The van der Waals surface area contributed by atoms with E-state index in [2.05, 4.69) is 11.9 Å². The van der Waals surface area contributed by atoms with Crippen LogP contribution in [0.2, 0.25) is 0 Å². The van der Waals surface area contributed by atoms with E-state index in [0.29, 0.717) is 23.6 Å². The van der Waals surface area contributed by atoms with Crippen molar-refractivity contribution in [1.82, 2.24) is 19.7 Å². The van der Waals surface area contributed by atoms with Crippen LogP contribution in [0.25, 0.3) is 16.9 Å². The number of hydrogen-bond acceptors (Lipinski definition) is 5. The van der Waals surface area contributed by atoms with Crippen LogP contribution in [0, 0.1) is 0 Å². The molecule has 0 saturated heterocycles. The molecule has 0 spiro atoms. The summed E-state index contributed by atoms with van der Waals surface area (Å²) >= 11 is 1.62. The minimum absolute atomic E-state index is 0.117. The monoisotopic (exact) mass is 432 g/mol. The van der Waals surface area contributed by atoms with Gasteiger partial charge in [-0.25, -0.2) is 9.67 Å². The molecule has 0 aliphatic rings. The fraction of sp³-hybridized carbons (Fsp3) is 0.208. The number of benzene rings is 2. The van der Waals surface area contributed by atoms with Crippen molar-refractivity contribution in [3.05, 3.63) is 82.4 Å². The van der Waals surface area contributed by atoms with E-state index >= 15 is 0 Å². The fourth-order valence-electron chi connectivity index (χ4n) is 3.39. The zero-order chi connectivity index (χ0) is 21.8. The SMILES string of the molecule is CCc1nc(CN(C)C(=O)c2cn(-c3ccccc3)nc2-c2ccccc2OC)cs1. The van der Waals surface area contributed by atoms with E-state index in [1.807, 2.05) is 60.0 Å². The van der Waals surface area contributed by atoms with Crippen LogP contribution in [0.1, 0.15) is 28.0 Å². The van der Waals surface area contributed by atoms with Crippen molar-refractivity contribution < 1.29 is 9.53 Å². The first kappa shape index (κ1) is 20.8. The van der Waals surface area contributed by atoms with Crippen molar-refractivity contribution in [3.63, 3.8) is 0 Å². The summed E-state index contributed by atoms with van der Waals surface area (Å²) in [6.07, 6.45) is 2.68. The van der Waals surface area contributed by atoms with Crippen LogP contribution in [0.5, 0.6) is 5.75 Å². The lowest BCUT2D eigenvalue weighted by atomic mass is 10.1. The van der Waals surface area contributed by atoms with Gasteiger partial charge in [-0.15, -0.1) is 11.3 Å². The van der Waals surface area contributed by atoms with Gasteiger partial charge in [0.05, 0.1) is 35.6 Å². The van der Waals surface area contributed by atoms with E-state index in [0.717, 1.165) is 28.4 Å². The van der Waals surface area contributed by atoms with Crippen LogP contribution in [0.3, 0.4) is 0 Å². The van der Waals surface area contributed by atoms with Crippen molar-refractivity contribution in [2.75, 3.05) is 14.2 Å². The topological polar surface area (TPSA) is 60.2 Å². The molecule has 0 atom stereocenters.